The van der Waals surface area contributed by atoms with Crippen molar-refractivity contribution < 1.29 is 39.8 Å². The smallest absolute Gasteiger partial charge is 0.220 e. The lowest BCUT2D eigenvalue weighted by atomic mass is 9.99. The second-order valence-corrected chi connectivity index (χ2v) is 26.1. The van der Waals surface area contributed by atoms with E-state index in [-0.39, 0.29) is 12.5 Å². The molecule has 9 nitrogen and oxygen atoms in total. The molecule has 1 amide bonds. The van der Waals surface area contributed by atoms with Gasteiger partial charge in [0.05, 0.1) is 25.4 Å². The number of aliphatic hydroxyl groups excluding tert-OH is 5. The van der Waals surface area contributed by atoms with Crippen molar-refractivity contribution in [1.29, 1.82) is 0 Å². The standard InChI is InChI=1S/C74H143NO8/c1-3-5-7-9-11-13-15-17-19-21-23-25-27-29-31-33-34-35-36-38-40-42-44-46-48-50-52-54-56-58-60-62-64-70(78)75-67(66-82-74-73(81)72(80)71(79)69(65-76)83-74)68(77)63-61-59-57-55-53-51-49-47-45-43-41-39-37-32-30-28-26-24-22-20-18-16-14-12-10-8-6-4-2/h53,55,61,63,67-69,71-74,76-77,79-81H,3-52,54,56-60,62,64-66H2,1-2H3,(H,75,78)/b55-53+,63-61+. The lowest BCUT2D eigenvalue weighted by Crippen LogP contribution is -2.60. The van der Waals surface area contributed by atoms with E-state index in [9.17, 15) is 30.3 Å². The van der Waals surface area contributed by atoms with Crippen molar-refractivity contribution >= 4 is 5.91 Å². The Morgan fingerprint density at radius 2 is 0.687 bits per heavy atom. The zero-order valence-electron chi connectivity index (χ0n) is 55.2. The van der Waals surface area contributed by atoms with Crippen molar-refractivity contribution in [3.63, 3.8) is 0 Å². The summed E-state index contributed by atoms with van der Waals surface area (Å²) in [7, 11) is 0. The van der Waals surface area contributed by atoms with Crippen LogP contribution >= 0.6 is 0 Å². The highest BCUT2D eigenvalue weighted by Gasteiger charge is 2.44. The Labute approximate surface area is 515 Å². The molecule has 1 rings (SSSR count). The Hall–Kier alpha value is -1.33. The number of rotatable bonds is 66. The molecule has 0 aliphatic carbocycles. The minimum atomic E-state index is -1.57. The number of carbonyl (C=O) groups is 1. The van der Waals surface area contributed by atoms with Crippen LogP contribution in [-0.4, -0.2) is 87.5 Å². The number of hydrogen-bond acceptors (Lipinski definition) is 8. The van der Waals surface area contributed by atoms with E-state index >= 15 is 0 Å². The third-order valence-corrected chi connectivity index (χ3v) is 18.0. The number of ether oxygens (including phenoxy) is 2. The molecular weight excluding hydrogens is 1030 g/mol. The van der Waals surface area contributed by atoms with Gasteiger partial charge in [0, 0.05) is 6.42 Å². The fourth-order valence-electron chi connectivity index (χ4n) is 12.2. The zero-order valence-corrected chi connectivity index (χ0v) is 55.2. The Balaban J connectivity index is 2.11. The van der Waals surface area contributed by atoms with E-state index in [1.54, 1.807) is 6.08 Å². The number of aliphatic hydroxyl groups is 5. The van der Waals surface area contributed by atoms with Crippen LogP contribution < -0.4 is 5.32 Å². The van der Waals surface area contributed by atoms with Crippen molar-refractivity contribution in [3.8, 4) is 0 Å². The quantitative estimate of drug-likeness (QED) is 0.0261. The van der Waals surface area contributed by atoms with Gasteiger partial charge >= 0.3 is 0 Å². The fourth-order valence-corrected chi connectivity index (χ4v) is 12.2. The van der Waals surface area contributed by atoms with Crippen molar-refractivity contribution in [2.24, 2.45) is 0 Å². The molecule has 0 spiro atoms. The number of unbranched alkanes of at least 4 members (excludes halogenated alkanes) is 54. The van der Waals surface area contributed by atoms with Gasteiger partial charge in [-0.1, -0.05) is 372 Å². The molecule has 1 heterocycles. The average Bonchev–Trinajstić information content (AvgIpc) is 3.49. The first-order valence-corrected chi connectivity index (χ1v) is 37.1. The van der Waals surface area contributed by atoms with Gasteiger partial charge in [0.2, 0.25) is 5.91 Å². The first-order valence-electron chi connectivity index (χ1n) is 37.1. The van der Waals surface area contributed by atoms with E-state index in [2.05, 4.69) is 31.3 Å². The summed E-state index contributed by atoms with van der Waals surface area (Å²) in [5, 5.41) is 54.8. The van der Waals surface area contributed by atoms with Crippen LogP contribution in [0.15, 0.2) is 24.3 Å². The summed E-state index contributed by atoms with van der Waals surface area (Å²) in [5.74, 6) is -0.177. The highest BCUT2D eigenvalue weighted by atomic mass is 16.7. The first kappa shape index (κ1) is 79.7. The molecule has 0 bridgehead atoms. The maximum absolute atomic E-state index is 13.1. The topological polar surface area (TPSA) is 149 Å². The first-order chi connectivity index (χ1) is 40.8. The Kier molecular flexibility index (Phi) is 61.1. The van der Waals surface area contributed by atoms with Crippen LogP contribution in [-0.2, 0) is 14.3 Å². The molecule has 1 fully saturated rings. The van der Waals surface area contributed by atoms with Crippen LogP contribution in [0, 0.1) is 0 Å². The molecule has 9 heteroatoms. The predicted molar refractivity (Wildman–Crippen MR) is 355 cm³/mol. The van der Waals surface area contributed by atoms with E-state index in [1.807, 2.05) is 6.08 Å². The van der Waals surface area contributed by atoms with Gasteiger partial charge in [-0.2, -0.15) is 0 Å². The van der Waals surface area contributed by atoms with E-state index in [0.29, 0.717) is 6.42 Å². The maximum Gasteiger partial charge on any atom is 0.220 e. The molecule has 83 heavy (non-hydrogen) atoms. The van der Waals surface area contributed by atoms with Crippen molar-refractivity contribution in [2.75, 3.05) is 13.2 Å². The molecule has 1 aliphatic rings. The number of amides is 1. The van der Waals surface area contributed by atoms with Gasteiger partial charge in [-0.3, -0.25) is 4.79 Å². The third-order valence-electron chi connectivity index (χ3n) is 18.0. The lowest BCUT2D eigenvalue weighted by Gasteiger charge is -2.40. The van der Waals surface area contributed by atoms with Gasteiger partial charge in [-0.15, -0.1) is 0 Å². The van der Waals surface area contributed by atoms with Gasteiger partial charge in [0.25, 0.3) is 0 Å². The summed E-state index contributed by atoms with van der Waals surface area (Å²) >= 11 is 0. The fraction of sp³-hybridized carbons (Fsp3) is 0.932. The molecular formula is C74H143NO8. The van der Waals surface area contributed by atoms with E-state index in [4.69, 9.17) is 9.47 Å². The van der Waals surface area contributed by atoms with Crippen LogP contribution in [0.3, 0.4) is 0 Å². The second-order valence-electron chi connectivity index (χ2n) is 26.1. The third kappa shape index (κ3) is 52.3. The molecule has 0 aromatic rings. The van der Waals surface area contributed by atoms with E-state index in [0.717, 1.165) is 38.5 Å². The van der Waals surface area contributed by atoms with Crippen LogP contribution in [0.25, 0.3) is 0 Å². The summed E-state index contributed by atoms with van der Waals surface area (Å²) in [6.07, 6.45) is 77.4. The number of hydrogen-bond donors (Lipinski definition) is 6. The number of carbonyl (C=O) groups excluding carboxylic acids is 1. The highest BCUT2D eigenvalue weighted by molar-refractivity contribution is 5.76. The van der Waals surface area contributed by atoms with E-state index in [1.165, 1.54) is 327 Å². The van der Waals surface area contributed by atoms with Crippen molar-refractivity contribution in [1.82, 2.24) is 5.32 Å². The Bertz CT molecular complexity index is 1360. The lowest BCUT2D eigenvalue weighted by molar-refractivity contribution is -0.302. The minimum Gasteiger partial charge on any atom is -0.394 e. The minimum absolute atomic E-state index is 0.177. The maximum atomic E-state index is 13.1. The van der Waals surface area contributed by atoms with Crippen LogP contribution in [0.5, 0.6) is 0 Å². The van der Waals surface area contributed by atoms with Gasteiger partial charge in [-0.25, -0.2) is 0 Å². The summed E-state index contributed by atoms with van der Waals surface area (Å²) < 4.78 is 11.3. The summed E-state index contributed by atoms with van der Waals surface area (Å²) in [6.45, 7) is 3.83. The monoisotopic (exact) mass is 1170 g/mol. The predicted octanol–water partition coefficient (Wildman–Crippen LogP) is 20.4. The molecule has 1 aliphatic heterocycles. The molecule has 0 saturated carbocycles. The number of allylic oxidation sites excluding steroid dienone is 3. The zero-order chi connectivity index (χ0) is 60.0. The molecule has 1 saturated heterocycles. The largest absolute Gasteiger partial charge is 0.394 e. The summed E-state index contributed by atoms with van der Waals surface area (Å²) in [6, 6.07) is -0.820. The molecule has 492 valence electrons. The van der Waals surface area contributed by atoms with Crippen LogP contribution in [0.2, 0.25) is 0 Å². The molecule has 0 aromatic heterocycles. The second kappa shape index (κ2) is 63.7. The van der Waals surface area contributed by atoms with Crippen molar-refractivity contribution in [3.05, 3.63) is 24.3 Å². The Morgan fingerprint density at radius 1 is 0.398 bits per heavy atom. The van der Waals surface area contributed by atoms with Crippen LogP contribution in [0.4, 0.5) is 0 Å². The van der Waals surface area contributed by atoms with Gasteiger partial charge in [0.15, 0.2) is 6.29 Å². The average molecular weight is 1170 g/mol. The van der Waals surface area contributed by atoms with Gasteiger partial charge < -0.3 is 40.3 Å². The van der Waals surface area contributed by atoms with Gasteiger partial charge in [0.1, 0.15) is 24.4 Å². The molecule has 7 unspecified atom stereocenters. The summed E-state index contributed by atoms with van der Waals surface area (Å²) in [4.78, 5) is 13.1. The Morgan fingerprint density at radius 3 is 1.01 bits per heavy atom. The number of nitrogens with one attached hydrogen (secondary N) is 1. The summed E-state index contributed by atoms with van der Waals surface area (Å²) in [5.41, 5.74) is 0. The van der Waals surface area contributed by atoms with Gasteiger partial charge in [-0.05, 0) is 32.1 Å². The molecule has 6 N–H and O–H groups in total. The molecule has 0 aromatic carbocycles. The molecule has 0 radical (unpaired) electrons. The van der Waals surface area contributed by atoms with E-state index < -0.39 is 49.5 Å². The normalized spacial score (nSPS) is 18.3. The molecule has 7 atom stereocenters. The van der Waals surface area contributed by atoms with Crippen LogP contribution in [0.1, 0.15) is 386 Å². The SMILES string of the molecule is CCCCCCCCCCCCCCCCCCCCCCCC/C=C/CC/C=C/C(O)C(COC1OC(CO)C(O)C(O)C1O)NC(=O)CCCCCCCCCCCCCCCCCCCCCCCCCCCCCCCCCC. The highest BCUT2D eigenvalue weighted by Crippen LogP contribution is 2.24. The van der Waals surface area contributed by atoms with Crippen molar-refractivity contribution in [2.45, 2.75) is 429 Å².